The van der Waals surface area contributed by atoms with Crippen molar-refractivity contribution >= 4 is 22.5 Å². The molecule has 0 saturated carbocycles. The minimum Gasteiger partial charge on any atom is -0.383 e. The number of pyridine rings is 1. The molecular weight excluding hydrogens is 262 g/mol. The van der Waals surface area contributed by atoms with Crippen LogP contribution in [0, 0.1) is 11.3 Å². The fourth-order valence-corrected chi connectivity index (χ4v) is 2.00. The zero-order valence-corrected chi connectivity index (χ0v) is 13.1. The van der Waals surface area contributed by atoms with Gasteiger partial charge in [-0.05, 0) is 16.7 Å². The van der Waals surface area contributed by atoms with Gasteiger partial charge in [0.15, 0.2) is 0 Å². The first-order valence-electron chi connectivity index (χ1n) is 7.24. The lowest BCUT2D eigenvalue weighted by molar-refractivity contribution is 0.0926. The highest BCUT2D eigenvalue weighted by Crippen LogP contribution is 2.26. The number of nitrogen functional groups attached to an aromatic ring is 1. The Hall–Kier alpha value is -2.10. The molecule has 0 atom stereocenters. The van der Waals surface area contributed by atoms with Crippen molar-refractivity contribution in [2.75, 3.05) is 12.3 Å². The minimum absolute atomic E-state index is 0.0483. The number of rotatable bonds is 4. The third-order valence-electron chi connectivity index (χ3n) is 4.34. The normalized spacial score (nSPS) is 11.9. The zero-order valence-electron chi connectivity index (χ0n) is 13.1. The number of carbonyl (C=O) groups excluding carboxylic acids is 1. The number of nitrogens with one attached hydrogen (secondary N) is 1. The number of nitrogens with zero attached hydrogens (tertiary/aromatic N) is 1. The van der Waals surface area contributed by atoms with Crippen molar-refractivity contribution in [3.05, 3.63) is 36.0 Å². The van der Waals surface area contributed by atoms with Gasteiger partial charge in [-0.1, -0.05) is 52.0 Å². The van der Waals surface area contributed by atoms with Crippen LogP contribution in [0.1, 0.15) is 38.1 Å². The van der Waals surface area contributed by atoms with E-state index in [0.717, 1.165) is 10.8 Å². The predicted octanol–water partition coefficient (Wildman–Crippen LogP) is 3.23. The van der Waals surface area contributed by atoms with E-state index in [1.807, 2.05) is 24.3 Å². The first-order chi connectivity index (χ1) is 9.83. The second-order valence-electron chi connectivity index (χ2n) is 6.43. The summed E-state index contributed by atoms with van der Waals surface area (Å²) in [5.74, 6) is 0.830. The summed E-state index contributed by atoms with van der Waals surface area (Å²) in [6.07, 6.45) is 1.55. The quantitative estimate of drug-likeness (QED) is 0.906. The molecule has 1 amide bonds. The molecule has 2 aromatic rings. The summed E-state index contributed by atoms with van der Waals surface area (Å²) in [5, 5.41) is 4.66. The predicted molar refractivity (Wildman–Crippen MR) is 87.1 cm³/mol. The number of amides is 1. The average molecular weight is 285 g/mol. The van der Waals surface area contributed by atoms with Crippen molar-refractivity contribution in [1.29, 1.82) is 0 Å². The highest BCUT2D eigenvalue weighted by atomic mass is 16.1. The van der Waals surface area contributed by atoms with E-state index >= 15 is 0 Å². The molecule has 0 unspecified atom stereocenters. The van der Waals surface area contributed by atoms with Crippen molar-refractivity contribution < 1.29 is 4.79 Å². The largest absolute Gasteiger partial charge is 0.383 e. The number of fused-ring (bicyclic) bond motifs is 1. The summed E-state index contributed by atoms with van der Waals surface area (Å²) in [5.41, 5.74) is 6.48. The molecule has 2 rings (SSSR count). The molecule has 4 heteroatoms. The topological polar surface area (TPSA) is 68.0 Å². The Kier molecular flexibility index (Phi) is 4.16. The molecule has 1 aromatic carbocycles. The van der Waals surface area contributed by atoms with Gasteiger partial charge >= 0.3 is 0 Å². The van der Waals surface area contributed by atoms with Crippen LogP contribution in [0.25, 0.3) is 10.8 Å². The lowest BCUT2D eigenvalue weighted by Crippen LogP contribution is -2.37. The summed E-state index contributed by atoms with van der Waals surface area (Å²) in [4.78, 5) is 16.6. The second-order valence-corrected chi connectivity index (χ2v) is 6.43. The SMILES string of the molecule is CC(C)C(C)(C)CNC(=O)c1cnc(N)c2ccccc12. The molecule has 1 aromatic heterocycles. The van der Waals surface area contributed by atoms with Crippen molar-refractivity contribution in [2.24, 2.45) is 11.3 Å². The van der Waals surface area contributed by atoms with Crippen LogP contribution in [-0.2, 0) is 0 Å². The number of aromatic nitrogens is 1. The molecular formula is C17H23N3O. The van der Waals surface area contributed by atoms with Gasteiger partial charge in [0.05, 0.1) is 5.56 Å². The third-order valence-corrected chi connectivity index (χ3v) is 4.34. The molecule has 112 valence electrons. The summed E-state index contributed by atoms with van der Waals surface area (Å²) in [6, 6.07) is 7.57. The lowest BCUT2D eigenvalue weighted by atomic mass is 9.81. The highest BCUT2D eigenvalue weighted by Gasteiger charge is 2.23. The fourth-order valence-electron chi connectivity index (χ4n) is 2.00. The van der Waals surface area contributed by atoms with Crippen LogP contribution < -0.4 is 11.1 Å². The number of hydrogen-bond acceptors (Lipinski definition) is 3. The van der Waals surface area contributed by atoms with Gasteiger partial charge in [0.25, 0.3) is 5.91 Å². The second kappa shape index (κ2) is 5.72. The summed E-state index contributed by atoms with van der Waals surface area (Å²) in [7, 11) is 0. The van der Waals surface area contributed by atoms with E-state index in [-0.39, 0.29) is 11.3 Å². The molecule has 0 aliphatic carbocycles. The van der Waals surface area contributed by atoms with Gasteiger partial charge in [0.1, 0.15) is 5.82 Å². The summed E-state index contributed by atoms with van der Waals surface area (Å²) >= 11 is 0. The van der Waals surface area contributed by atoms with Crippen molar-refractivity contribution in [3.8, 4) is 0 Å². The maximum atomic E-state index is 12.4. The molecule has 21 heavy (non-hydrogen) atoms. The van der Waals surface area contributed by atoms with Crippen LogP contribution in [0.5, 0.6) is 0 Å². The van der Waals surface area contributed by atoms with Crippen LogP contribution in [0.3, 0.4) is 0 Å². The van der Waals surface area contributed by atoms with Crippen LogP contribution in [0.15, 0.2) is 30.5 Å². The molecule has 3 N–H and O–H groups in total. The van der Waals surface area contributed by atoms with Crippen LogP contribution in [0.4, 0.5) is 5.82 Å². The van der Waals surface area contributed by atoms with Gasteiger partial charge in [-0.25, -0.2) is 4.98 Å². The van der Waals surface area contributed by atoms with E-state index in [9.17, 15) is 4.79 Å². The van der Waals surface area contributed by atoms with Crippen molar-refractivity contribution in [1.82, 2.24) is 10.3 Å². The monoisotopic (exact) mass is 285 g/mol. The molecule has 0 aliphatic heterocycles. The number of anilines is 1. The van der Waals surface area contributed by atoms with Gasteiger partial charge in [-0.15, -0.1) is 0 Å². The Morgan fingerprint density at radius 1 is 1.29 bits per heavy atom. The molecule has 4 nitrogen and oxygen atoms in total. The first-order valence-corrected chi connectivity index (χ1v) is 7.24. The Morgan fingerprint density at radius 2 is 1.90 bits per heavy atom. The van der Waals surface area contributed by atoms with Gasteiger partial charge in [0, 0.05) is 18.1 Å². The fraction of sp³-hybridized carbons (Fsp3) is 0.412. The van der Waals surface area contributed by atoms with Gasteiger partial charge < -0.3 is 11.1 Å². The first kappa shape index (κ1) is 15.3. The smallest absolute Gasteiger partial charge is 0.253 e. The third kappa shape index (κ3) is 3.15. The van der Waals surface area contributed by atoms with Gasteiger partial charge in [0.2, 0.25) is 0 Å². The number of carbonyl (C=O) groups is 1. The molecule has 0 fully saturated rings. The minimum atomic E-state index is -0.104. The molecule has 0 spiro atoms. The molecule has 0 saturated heterocycles. The number of hydrogen-bond donors (Lipinski definition) is 2. The van der Waals surface area contributed by atoms with Gasteiger partial charge in [-0.3, -0.25) is 4.79 Å². The van der Waals surface area contributed by atoms with E-state index in [0.29, 0.717) is 23.8 Å². The lowest BCUT2D eigenvalue weighted by Gasteiger charge is -2.29. The highest BCUT2D eigenvalue weighted by molar-refractivity contribution is 6.08. The summed E-state index contributed by atoms with van der Waals surface area (Å²) in [6.45, 7) is 9.25. The van der Waals surface area contributed by atoms with E-state index in [1.165, 1.54) is 0 Å². The Morgan fingerprint density at radius 3 is 2.52 bits per heavy atom. The van der Waals surface area contributed by atoms with Crippen molar-refractivity contribution in [2.45, 2.75) is 27.7 Å². The summed E-state index contributed by atoms with van der Waals surface area (Å²) < 4.78 is 0. The Labute approximate surface area is 125 Å². The Bertz CT molecular complexity index is 662. The van der Waals surface area contributed by atoms with Crippen LogP contribution >= 0.6 is 0 Å². The molecule has 1 heterocycles. The maximum absolute atomic E-state index is 12.4. The van der Waals surface area contributed by atoms with E-state index in [1.54, 1.807) is 6.20 Å². The molecule has 0 bridgehead atoms. The Balaban J connectivity index is 2.27. The van der Waals surface area contributed by atoms with E-state index in [2.05, 4.69) is 38.0 Å². The van der Waals surface area contributed by atoms with Gasteiger partial charge in [-0.2, -0.15) is 0 Å². The van der Waals surface area contributed by atoms with Crippen LogP contribution in [-0.4, -0.2) is 17.4 Å². The standard InChI is InChI=1S/C17H23N3O/c1-11(2)17(3,4)10-20-16(21)14-9-19-15(18)13-8-6-5-7-12(13)14/h5-9,11H,10H2,1-4H3,(H2,18,19)(H,20,21). The number of nitrogens with two attached hydrogens (primary N) is 1. The molecule has 0 radical (unpaired) electrons. The van der Waals surface area contributed by atoms with E-state index in [4.69, 9.17) is 5.73 Å². The average Bonchev–Trinajstić information content (AvgIpc) is 2.45. The van der Waals surface area contributed by atoms with Crippen LogP contribution in [0.2, 0.25) is 0 Å². The van der Waals surface area contributed by atoms with E-state index < -0.39 is 0 Å². The zero-order chi connectivity index (χ0) is 15.6. The maximum Gasteiger partial charge on any atom is 0.253 e. The number of benzene rings is 1. The van der Waals surface area contributed by atoms with Crippen molar-refractivity contribution in [3.63, 3.8) is 0 Å². The molecule has 0 aliphatic rings.